The first-order valence-electron chi connectivity index (χ1n) is 6.23. The highest BCUT2D eigenvalue weighted by Crippen LogP contribution is 2.13. The van der Waals surface area contributed by atoms with E-state index in [9.17, 15) is 4.79 Å². The zero-order chi connectivity index (χ0) is 13.5. The summed E-state index contributed by atoms with van der Waals surface area (Å²) in [4.78, 5) is 18.2. The minimum absolute atomic E-state index is 0.0265. The predicted molar refractivity (Wildman–Crippen MR) is 76.0 cm³/mol. The highest BCUT2D eigenvalue weighted by molar-refractivity contribution is 7.99. The van der Waals surface area contributed by atoms with Gasteiger partial charge >= 0.3 is 0 Å². The Morgan fingerprint density at radius 2 is 2.21 bits per heavy atom. The molecule has 100 valence electrons. The number of hydrogen-bond donors (Lipinski definition) is 1. The monoisotopic (exact) mass is 276 g/mol. The first-order chi connectivity index (χ1) is 9.31. The Morgan fingerprint density at radius 1 is 1.42 bits per heavy atom. The Bertz CT molecular complexity index is 502. The number of amides is 1. The number of nitrogens with zero attached hydrogens (tertiary/aromatic N) is 2. The minimum Gasteiger partial charge on any atom is -0.395 e. The first-order valence-corrected chi connectivity index (χ1v) is 7.38. The van der Waals surface area contributed by atoms with Gasteiger partial charge in [-0.05, 0) is 6.07 Å². The van der Waals surface area contributed by atoms with Crippen molar-refractivity contribution in [1.29, 1.82) is 0 Å². The molecular weight excluding hydrogens is 260 g/mol. The normalized spacial score (nSPS) is 14.7. The smallest absolute Gasteiger partial charge is 0.255 e. The number of carbonyl (C=O) groups is 1. The van der Waals surface area contributed by atoms with Gasteiger partial charge in [0.05, 0.1) is 12.2 Å². The number of rotatable bonds is 2. The Labute approximate surface area is 117 Å². The summed E-state index contributed by atoms with van der Waals surface area (Å²) >= 11 is 1.87. The molecule has 19 heavy (non-hydrogen) atoms. The third-order valence-corrected chi connectivity index (χ3v) is 3.70. The number of carbonyl (C=O) groups excluding carboxylic acids is 1. The average Bonchev–Trinajstić information content (AvgIpc) is 2.48. The molecule has 1 amide bonds. The fourth-order valence-electron chi connectivity index (χ4n) is 1.79. The third kappa shape index (κ3) is 3.98. The van der Waals surface area contributed by atoms with Crippen LogP contribution in [-0.4, -0.2) is 52.1 Å². The van der Waals surface area contributed by atoms with Crippen LogP contribution in [0, 0.1) is 11.8 Å². The van der Waals surface area contributed by atoms with E-state index < -0.39 is 0 Å². The summed E-state index contributed by atoms with van der Waals surface area (Å²) in [5.41, 5.74) is 1.30. The van der Waals surface area contributed by atoms with Gasteiger partial charge in [-0.25, -0.2) is 0 Å². The quantitative estimate of drug-likeness (QED) is 0.819. The van der Waals surface area contributed by atoms with Gasteiger partial charge in [0.2, 0.25) is 0 Å². The molecule has 1 fully saturated rings. The fraction of sp³-hybridized carbons (Fsp3) is 0.429. The molecule has 1 aliphatic heterocycles. The molecule has 0 radical (unpaired) electrons. The molecule has 0 aromatic carbocycles. The lowest BCUT2D eigenvalue weighted by Gasteiger charge is -2.26. The van der Waals surface area contributed by atoms with Gasteiger partial charge in [0.1, 0.15) is 0 Å². The Hall–Kier alpha value is -1.51. The van der Waals surface area contributed by atoms with Crippen molar-refractivity contribution >= 4 is 17.7 Å². The number of hydrogen-bond acceptors (Lipinski definition) is 4. The van der Waals surface area contributed by atoms with Gasteiger partial charge in [-0.2, -0.15) is 11.8 Å². The van der Waals surface area contributed by atoms with Crippen molar-refractivity contribution in [3.8, 4) is 11.8 Å². The van der Waals surface area contributed by atoms with Crippen LogP contribution in [-0.2, 0) is 0 Å². The number of aliphatic hydroxyl groups is 1. The summed E-state index contributed by atoms with van der Waals surface area (Å²) < 4.78 is 0. The van der Waals surface area contributed by atoms with Crippen molar-refractivity contribution in [3.05, 3.63) is 29.6 Å². The Morgan fingerprint density at radius 3 is 2.95 bits per heavy atom. The zero-order valence-corrected chi connectivity index (χ0v) is 11.4. The van der Waals surface area contributed by atoms with Gasteiger partial charge in [-0.15, -0.1) is 0 Å². The van der Waals surface area contributed by atoms with E-state index in [1.54, 1.807) is 18.5 Å². The molecule has 0 unspecified atom stereocenters. The molecule has 1 aromatic rings. The van der Waals surface area contributed by atoms with Crippen LogP contribution in [0.5, 0.6) is 0 Å². The van der Waals surface area contributed by atoms with Gasteiger partial charge < -0.3 is 10.0 Å². The molecular formula is C14H16N2O2S. The van der Waals surface area contributed by atoms with Crippen molar-refractivity contribution < 1.29 is 9.90 Å². The summed E-state index contributed by atoms with van der Waals surface area (Å²) in [5.74, 6) is 7.74. The summed E-state index contributed by atoms with van der Waals surface area (Å²) in [6.45, 7) is 1.64. The molecule has 0 spiro atoms. The topological polar surface area (TPSA) is 53.4 Å². The molecule has 0 atom stereocenters. The maximum absolute atomic E-state index is 12.3. The minimum atomic E-state index is 0.0265. The predicted octanol–water partition coefficient (Wildman–Crippen LogP) is 1.00. The maximum atomic E-state index is 12.3. The maximum Gasteiger partial charge on any atom is 0.255 e. The Kier molecular flexibility index (Phi) is 5.25. The van der Waals surface area contributed by atoms with Crippen LogP contribution in [0.2, 0.25) is 0 Å². The molecule has 0 aliphatic carbocycles. The first kappa shape index (κ1) is 13.9. The standard InChI is InChI=1S/C14H16N2O2S/c17-6-2-1-3-12-9-13(11-15-10-12)14(18)16-4-7-19-8-5-16/h9-11,17H,2,4-8H2. The van der Waals surface area contributed by atoms with Crippen molar-refractivity contribution in [2.24, 2.45) is 0 Å². The van der Waals surface area contributed by atoms with Gasteiger partial charge in [0.15, 0.2) is 0 Å². The van der Waals surface area contributed by atoms with Gasteiger partial charge in [0.25, 0.3) is 5.91 Å². The lowest BCUT2D eigenvalue weighted by atomic mass is 10.2. The summed E-state index contributed by atoms with van der Waals surface area (Å²) in [5, 5.41) is 8.68. The lowest BCUT2D eigenvalue weighted by molar-refractivity contribution is 0.0772. The van der Waals surface area contributed by atoms with E-state index in [0.29, 0.717) is 17.5 Å². The van der Waals surface area contributed by atoms with E-state index in [2.05, 4.69) is 16.8 Å². The van der Waals surface area contributed by atoms with Crippen molar-refractivity contribution in [1.82, 2.24) is 9.88 Å². The fourth-order valence-corrected chi connectivity index (χ4v) is 2.70. The molecule has 1 N–H and O–H groups in total. The number of thioether (sulfide) groups is 1. The van der Waals surface area contributed by atoms with Crippen LogP contribution in [0.4, 0.5) is 0 Å². The molecule has 1 saturated heterocycles. The van der Waals surface area contributed by atoms with E-state index in [-0.39, 0.29) is 12.5 Å². The van der Waals surface area contributed by atoms with Crippen molar-refractivity contribution in [3.63, 3.8) is 0 Å². The van der Waals surface area contributed by atoms with E-state index in [1.807, 2.05) is 16.7 Å². The van der Waals surface area contributed by atoms with Crippen molar-refractivity contribution in [2.45, 2.75) is 6.42 Å². The molecule has 0 bridgehead atoms. The second kappa shape index (κ2) is 7.17. The molecule has 5 heteroatoms. The number of aliphatic hydroxyl groups excluding tert-OH is 1. The van der Waals surface area contributed by atoms with Gasteiger partial charge in [-0.1, -0.05) is 11.8 Å². The van der Waals surface area contributed by atoms with Crippen LogP contribution in [0.3, 0.4) is 0 Å². The average molecular weight is 276 g/mol. The molecule has 4 nitrogen and oxygen atoms in total. The summed E-state index contributed by atoms with van der Waals surface area (Å²) in [7, 11) is 0. The lowest BCUT2D eigenvalue weighted by Crippen LogP contribution is -2.37. The molecule has 1 aromatic heterocycles. The highest BCUT2D eigenvalue weighted by atomic mass is 32.2. The number of pyridine rings is 1. The molecule has 2 rings (SSSR count). The second-order valence-electron chi connectivity index (χ2n) is 4.14. The van der Waals surface area contributed by atoms with Gasteiger partial charge in [-0.3, -0.25) is 9.78 Å². The van der Waals surface area contributed by atoms with E-state index in [0.717, 1.165) is 24.6 Å². The molecule has 2 heterocycles. The largest absolute Gasteiger partial charge is 0.395 e. The SMILES string of the molecule is O=C(c1cncc(C#CCCO)c1)N1CCSCC1. The van der Waals surface area contributed by atoms with Crippen LogP contribution in [0.1, 0.15) is 22.3 Å². The second-order valence-corrected chi connectivity index (χ2v) is 5.37. The summed E-state index contributed by atoms with van der Waals surface area (Å²) in [6.07, 6.45) is 3.65. The molecule has 0 saturated carbocycles. The summed E-state index contributed by atoms with van der Waals surface area (Å²) in [6, 6.07) is 1.77. The van der Waals surface area contributed by atoms with E-state index in [1.165, 1.54) is 0 Å². The van der Waals surface area contributed by atoms with Crippen LogP contribution < -0.4 is 0 Å². The Balaban J connectivity index is 2.09. The zero-order valence-electron chi connectivity index (χ0n) is 10.6. The van der Waals surface area contributed by atoms with Crippen LogP contribution in [0.25, 0.3) is 0 Å². The van der Waals surface area contributed by atoms with E-state index >= 15 is 0 Å². The number of aromatic nitrogens is 1. The molecule has 1 aliphatic rings. The van der Waals surface area contributed by atoms with Crippen LogP contribution >= 0.6 is 11.8 Å². The van der Waals surface area contributed by atoms with Gasteiger partial charge in [0, 0.05) is 49.0 Å². The third-order valence-electron chi connectivity index (χ3n) is 2.75. The van der Waals surface area contributed by atoms with Crippen molar-refractivity contribution in [2.75, 3.05) is 31.2 Å². The van der Waals surface area contributed by atoms with Crippen LogP contribution in [0.15, 0.2) is 18.5 Å². The van der Waals surface area contributed by atoms with E-state index in [4.69, 9.17) is 5.11 Å². The highest BCUT2D eigenvalue weighted by Gasteiger charge is 2.18.